The largest absolute Gasteiger partial charge is 0.337 e. The molecule has 144 valence electrons. The van der Waals surface area contributed by atoms with Crippen LogP contribution in [-0.2, 0) is 13.0 Å². The van der Waals surface area contributed by atoms with E-state index >= 15 is 0 Å². The van der Waals surface area contributed by atoms with Crippen LogP contribution < -0.4 is 0 Å². The summed E-state index contributed by atoms with van der Waals surface area (Å²) < 4.78 is 13.0. The van der Waals surface area contributed by atoms with Crippen molar-refractivity contribution >= 4 is 22.9 Å². The number of nitro groups is 1. The van der Waals surface area contributed by atoms with E-state index in [9.17, 15) is 19.3 Å². The number of hydrogen-bond donors (Lipinski definition) is 0. The van der Waals surface area contributed by atoms with Crippen molar-refractivity contribution in [3.63, 3.8) is 0 Å². The molecule has 3 rings (SSSR count). The third-order valence-corrected chi connectivity index (χ3v) is 5.34. The molecular formula is C20H18FN3O3S. The lowest BCUT2D eigenvalue weighted by Crippen LogP contribution is -2.26. The van der Waals surface area contributed by atoms with Crippen LogP contribution in [0.3, 0.4) is 0 Å². The van der Waals surface area contributed by atoms with E-state index in [0.29, 0.717) is 22.6 Å². The standard InChI is InChI=1S/C20H18FN3O3S/c1-13-19(28-18(22-13)11-14-6-8-16(21)9-7-14)20(25)23(2)12-15-4-3-5-17(10-15)24(26)27/h3-10H,11-12H2,1-2H3. The second-order valence-corrected chi connectivity index (χ2v) is 7.50. The molecular weight excluding hydrogens is 381 g/mol. The van der Waals surface area contributed by atoms with Gasteiger partial charge >= 0.3 is 0 Å². The molecule has 8 heteroatoms. The number of aromatic nitrogens is 1. The van der Waals surface area contributed by atoms with Crippen molar-refractivity contribution in [1.29, 1.82) is 0 Å². The molecule has 0 aliphatic rings. The zero-order valence-corrected chi connectivity index (χ0v) is 16.2. The van der Waals surface area contributed by atoms with Gasteiger partial charge in [-0.1, -0.05) is 24.3 Å². The summed E-state index contributed by atoms with van der Waals surface area (Å²) in [5, 5.41) is 11.7. The van der Waals surface area contributed by atoms with Crippen molar-refractivity contribution in [1.82, 2.24) is 9.88 Å². The third kappa shape index (κ3) is 4.58. The lowest BCUT2D eigenvalue weighted by atomic mass is 10.1. The molecule has 0 spiro atoms. The molecule has 0 radical (unpaired) electrons. The molecule has 6 nitrogen and oxygen atoms in total. The van der Waals surface area contributed by atoms with E-state index in [1.54, 1.807) is 38.2 Å². The zero-order valence-electron chi connectivity index (χ0n) is 15.4. The van der Waals surface area contributed by atoms with Gasteiger partial charge in [0.15, 0.2) is 0 Å². The van der Waals surface area contributed by atoms with Gasteiger partial charge in [-0.3, -0.25) is 14.9 Å². The van der Waals surface area contributed by atoms with Gasteiger partial charge in [-0.05, 0) is 30.2 Å². The SMILES string of the molecule is Cc1nc(Cc2ccc(F)cc2)sc1C(=O)N(C)Cc1cccc([N+](=O)[O-])c1. The summed E-state index contributed by atoms with van der Waals surface area (Å²) in [6.07, 6.45) is 0.521. The van der Waals surface area contributed by atoms with Gasteiger partial charge in [0.2, 0.25) is 0 Å². The van der Waals surface area contributed by atoms with Gasteiger partial charge in [-0.25, -0.2) is 9.37 Å². The summed E-state index contributed by atoms with van der Waals surface area (Å²) in [7, 11) is 1.65. The number of nitro benzene ring substituents is 1. The number of halogens is 1. The monoisotopic (exact) mass is 399 g/mol. The topological polar surface area (TPSA) is 76.3 Å². The van der Waals surface area contributed by atoms with Crippen LogP contribution in [0.4, 0.5) is 10.1 Å². The summed E-state index contributed by atoms with van der Waals surface area (Å²) in [6, 6.07) is 12.4. The smallest absolute Gasteiger partial charge is 0.269 e. The minimum Gasteiger partial charge on any atom is -0.337 e. The van der Waals surface area contributed by atoms with Crippen molar-refractivity contribution in [3.05, 3.63) is 91.2 Å². The molecule has 1 heterocycles. The van der Waals surface area contributed by atoms with Crippen LogP contribution in [0.5, 0.6) is 0 Å². The quantitative estimate of drug-likeness (QED) is 0.456. The molecule has 28 heavy (non-hydrogen) atoms. The van der Waals surface area contributed by atoms with E-state index in [0.717, 1.165) is 10.6 Å². The molecule has 3 aromatic rings. The summed E-state index contributed by atoms with van der Waals surface area (Å²) in [4.78, 5) is 29.8. The normalized spacial score (nSPS) is 10.7. The van der Waals surface area contributed by atoms with Crippen LogP contribution in [0.2, 0.25) is 0 Å². The first-order chi connectivity index (χ1) is 13.3. The van der Waals surface area contributed by atoms with Gasteiger partial charge in [0, 0.05) is 32.1 Å². The van der Waals surface area contributed by atoms with Crippen molar-refractivity contribution in [2.45, 2.75) is 19.9 Å². The van der Waals surface area contributed by atoms with Crippen LogP contribution in [0, 0.1) is 22.9 Å². The molecule has 0 saturated carbocycles. The number of thiazole rings is 1. The Morgan fingerprint density at radius 2 is 1.93 bits per heavy atom. The Hall–Kier alpha value is -3.13. The zero-order chi connectivity index (χ0) is 20.3. The van der Waals surface area contributed by atoms with Crippen LogP contribution in [0.15, 0.2) is 48.5 Å². The van der Waals surface area contributed by atoms with Crippen LogP contribution in [0.25, 0.3) is 0 Å². The Bertz CT molecular complexity index is 1020. The molecule has 2 aromatic carbocycles. The number of rotatable bonds is 6. The van der Waals surface area contributed by atoms with E-state index in [4.69, 9.17) is 0 Å². The molecule has 0 aliphatic carbocycles. The lowest BCUT2D eigenvalue weighted by Gasteiger charge is -2.16. The average molecular weight is 399 g/mol. The van der Waals surface area contributed by atoms with Crippen LogP contribution in [0.1, 0.15) is 31.5 Å². The van der Waals surface area contributed by atoms with Gasteiger partial charge in [0.05, 0.1) is 15.6 Å². The molecule has 0 fully saturated rings. The molecule has 1 amide bonds. The maximum Gasteiger partial charge on any atom is 0.269 e. The van der Waals surface area contributed by atoms with Gasteiger partial charge < -0.3 is 4.90 Å². The predicted molar refractivity (Wildman–Crippen MR) is 105 cm³/mol. The summed E-state index contributed by atoms with van der Waals surface area (Å²) in [5.74, 6) is -0.482. The Kier molecular flexibility index (Phi) is 5.79. The highest BCUT2D eigenvalue weighted by Crippen LogP contribution is 2.23. The number of benzene rings is 2. The Morgan fingerprint density at radius 3 is 2.61 bits per heavy atom. The van der Waals surface area contributed by atoms with E-state index in [1.165, 1.54) is 40.5 Å². The van der Waals surface area contributed by atoms with Gasteiger partial charge in [0.25, 0.3) is 11.6 Å². The van der Waals surface area contributed by atoms with E-state index < -0.39 is 4.92 Å². The van der Waals surface area contributed by atoms with Gasteiger partial charge in [-0.15, -0.1) is 11.3 Å². The summed E-state index contributed by atoms with van der Waals surface area (Å²) >= 11 is 1.31. The number of hydrogen-bond acceptors (Lipinski definition) is 5. The minimum atomic E-state index is -0.458. The van der Waals surface area contributed by atoms with Crippen molar-refractivity contribution in [2.75, 3.05) is 7.05 Å². The highest BCUT2D eigenvalue weighted by Gasteiger charge is 2.20. The number of non-ortho nitro benzene ring substituents is 1. The van der Waals surface area contributed by atoms with Gasteiger partial charge in [0.1, 0.15) is 10.7 Å². The highest BCUT2D eigenvalue weighted by atomic mass is 32.1. The Balaban J connectivity index is 1.73. The minimum absolute atomic E-state index is 0.00564. The van der Waals surface area contributed by atoms with Gasteiger partial charge in [-0.2, -0.15) is 0 Å². The number of carbonyl (C=O) groups is 1. The maximum atomic E-state index is 13.0. The maximum absolute atomic E-state index is 13.0. The first kappa shape index (κ1) is 19.6. The van der Waals surface area contributed by atoms with Crippen molar-refractivity contribution in [2.24, 2.45) is 0 Å². The molecule has 0 atom stereocenters. The second-order valence-electron chi connectivity index (χ2n) is 6.41. The molecule has 1 aromatic heterocycles. The van der Waals surface area contributed by atoms with E-state index in [-0.39, 0.29) is 24.0 Å². The second kappa shape index (κ2) is 8.26. The fraction of sp³-hybridized carbons (Fsp3) is 0.200. The van der Waals surface area contributed by atoms with E-state index in [2.05, 4.69) is 4.98 Å². The van der Waals surface area contributed by atoms with Crippen LogP contribution >= 0.6 is 11.3 Å². The fourth-order valence-corrected chi connectivity index (χ4v) is 3.88. The molecule has 0 aliphatic heterocycles. The number of aryl methyl sites for hydroxylation is 1. The first-order valence-electron chi connectivity index (χ1n) is 8.53. The first-order valence-corrected chi connectivity index (χ1v) is 9.34. The molecule has 0 N–H and O–H groups in total. The highest BCUT2D eigenvalue weighted by molar-refractivity contribution is 7.13. The number of carbonyl (C=O) groups excluding carboxylic acids is 1. The summed E-state index contributed by atoms with van der Waals surface area (Å²) in [5.41, 5.74) is 2.23. The number of nitrogens with zero attached hydrogens (tertiary/aromatic N) is 3. The van der Waals surface area contributed by atoms with Crippen LogP contribution in [-0.4, -0.2) is 27.8 Å². The van der Waals surface area contributed by atoms with Crippen molar-refractivity contribution in [3.8, 4) is 0 Å². The lowest BCUT2D eigenvalue weighted by molar-refractivity contribution is -0.384. The van der Waals surface area contributed by atoms with E-state index in [1.807, 2.05) is 0 Å². The fourth-order valence-electron chi connectivity index (χ4n) is 2.79. The molecule has 0 saturated heterocycles. The summed E-state index contributed by atoms with van der Waals surface area (Å²) in [6.45, 7) is 2.03. The molecule has 0 unspecified atom stereocenters. The Morgan fingerprint density at radius 1 is 1.21 bits per heavy atom. The Labute approximate surface area is 165 Å². The average Bonchev–Trinajstić information content (AvgIpc) is 3.03. The number of amides is 1. The molecule has 0 bridgehead atoms. The predicted octanol–water partition coefficient (Wildman–Crippen LogP) is 4.36. The van der Waals surface area contributed by atoms with Crippen molar-refractivity contribution < 1.29 is 14.1 Å². The third-order valence-electron chi connectivity index (χ3n) is 4.19.